The third kappa shape index (κ3) is 3.03. The number of phenols is 2. The van der Waals surface area contributed by atoms with Crippen LogP contribution < -0.4 is 0 Å². The third-order valence-electron chi connectivity index (χ3n) is 2.91. The molecule has 0 unspecified atom stereocenters. The van der Waals surface area contributed by atoms with Crippen LogP contribution in [0.15, 0.2) is 42.5 Å². The van der Waals surface area contributed by atoms with Crippen molar-refractivity contribution in [2.75, 3.05) is 7.05 Å². The Morgan fingerprint density at radius 3 is 2.20 bits per heavy atom. The van der Waals surface area contributed by atoms with E-state index in [0.29, 0.717) is 11.6 Å². The zero-order chi connectivity index (χ0) is 14.7. The molecular weight excluding hydrogens is 278 g/mol. The van der Waals surface area contributed by atoms with Crippen LogP contribution in [0.4, 0.5) is 0 Å². The second kappa shape index (κ2) is 5.84. The molecule has 4 nitrogen and oxygen atoms in total. The van der Waals surface area contributed by atoms with Gasteiger partial charge in [-0.1, -0.05) is 29.8 Å². The van der Waals surface area contributed by atoms with Crippen LogP contribution in [0.2, 0.25) is 5.02 Å². The van der Waals surface area contributed by atoms with E-state index in [-0.39, 0.29) is 17.1 Å². The van der Waals surface area contributed by atoms with Gasteiger partial charge in [-0.05, 0) is 29.8 Å². The smallest absolute Gasteiger partial charge is 0.261 e. The normalized spacial score (nSPS) is 10.3. The Kier molecular flexibility index (Phi) is 4.15. The molecule has 0 spiro atoms. The van der Waals surface area contributed by atoms with Crippen LogP contribution in [0.1, 0.15) is 15.9 Å². The third-order valence-corrected chi connectivity index (χ3v) is 3.17. The maximum absolute atomic E-state index is 12.2. The molecule has 0 bridgehead atoms. The van der Waals surface area contributed by atoms with Crippen LogP contribution in [-0.2, 0) is 6.54 Å². The minimum atomic E-state index is -0.449. The lowest BCUT2D eigenvalue weighted by Crippen LogP contribution is -2.26. The summed E-state index contributed by atoms with van der Waals surface area (Å²) in [5, 5.41) is 20.0. The number of nitrogens with zero attached hydrogens (tertiary/aromatic N) is 1. The molecule has 0 radical (unpaired) electrons. The lowest BCUT2D eigenvalue weighted by molar-refractivity contribution is 0.0779. The van der Waals surface area contributed by atoms with Gasteiger partial charge in [0.25, 0.3) is 5.91 Å². The van der Waals surface area contributed by atoms with E-state index in [2.05, 4.69) is 0 Å². The average molecular weight is 292 g/mol. The van der Waals surface area contributed by atoms with Crippen molar-refractivity contribution in [1.29, 1.82) is 0 Å². The fourth-order valence-corrected chi connectivity index (χ4v) is 2.00. The van der Waals surface area contributed by atoms with Gasteiger partial charge in [0.05, 0.1) is 0 Å². The molecule has 0 fully saturated rings. The molecule has 2 rings (SSSR count). The van der Waals surface area contributed by atoms with Crippen LogP contribution >= 0.6 is 11.6 Å². The van der Waals surface area contributed by atoms with Crippen molar-refractivity contribution in [2.24, 2.45) is 0 Å². The molecule has 0 aliphatic heterocycles. The number of carbonyl (C=O) groups excluding carboxylic acids is 1. The minimum Gasteiger partial charge on any atom is -0.507 e. The minimum absolute atomic E-state index is 0.0936. The summed E-state index contributed by atoms with van der Waals surface area (Å²) >= 11 is 5.80. The summed E-state index contributed by atoms with van der Waals surface area (Å²) in [6.45, 7) is 0.351. The van der Waals surface area contributed by atoms with Gasteiger partial charge in [-0.25, -0.2) is 0 Å². The van der Waals surface area contributed by atoms with Crippen LogP contribution in [0.5, 0.6) is 11.5 Å². The Balaban J connectivity index is 2.18. The standard InChI is InChI=1S/C15H14ClNO3/c1-17(9-10-5-7-11(16)8-6-10)15(20)14-12(18)3-2-4-13(14)19/h2-8,18-19H,9H2,1H3. The van der Waals surface area contributed by atoms with E-state index in [4.69, 9.17) is 11.6 Å². The van der Waals surface area contributed by atoms with Gasteiger partial charge in [0, 0.05) is 18.6 Å². The Bertz CT molecular complexity index is 605. The van der Waals surface area contributed by atoms with Crippen molar-refractivity contribution in [3.63, 3.8) is 0 Å². The topological polar surface area (TPSA) is 60.8 Å². The number of halogens is 1. The summed E-state index contributed by atoms with van der Waals surface area (Å²) in [6, 6.07) is 11.3. The molecule has 104 valence electrons. The predicted octanol–water partition coefficient (Wildman–Crippen LogP) is 3.02. The maximum atomic E-state index is 12.2. The lowest BCUT2D eigenvalue weighted by Gasteiger charge is -2.18. The van der Waals surface area contributed by atoms with Gasteiger partial charge >= 0.3 is 0 Å². The second-order valence-corrected chi connectivity index (χ2v) is 4.90. The van der Waals surface area contributed by atoms with Crippen molar-refractivity contribution >= 4 is 17.5 Å². The van der Waals surface area contributed by atoms with Crippen molar-refractivity contribution in [1.82, 2.24) is 4.90 Å². The summed E-state index contributed by atoms with van der Waals surface area (Å²) in [6.07, 6.45) is 0. The van der Waals surface area contributed by atoms with E-state index in [0.717, 1.165) is 5.56 Å². The highest BCUT2D eigenvalue weighted by Gasteiger charge is 2.19. The molecule has 2 aromatic carbocycles. The summed E-state index contributed by atoms with van der Waals surface area (Å²) in [5.74, 6) is -0.925. The van der Waals surface area contributed by atoms with Gasteiger partial charge in [0.2, 0.25) is 0 Å². The number of phenolic OH excluding ortho intramolecular Hbond substituents is 2. The number of hydrogen-bond donors (Lipinski definition) is 2. The van der Waals surface area contributed by atoms with Crippen molar-refractivity contribution in [3.05, 3.63) is 58.6 Å². The molecule has 0 aliphatic carbocycles. The van der Waals surface area contributed by atoms with E-state index in [1.165, 1.54) is 23.1 Å². The zero-order valence-corrected chi connectivity index (χ0v) is 11.6. The molecule has 0 atom stereocenters. The lowest BCUT2D eigenvalue weighted by atomic mass is 10.1. The Morgan fingerprint density at radius 2 is 1.65 bits per heavy atom. The summed E-state index contributed by atoms with van der Waals surface area (Å²) < 4.78 is 0. The first-order valence-corrected chi connectivity index (χ1v) is 6.37. The van der Waals surface area contributed by atoms with E-state index >= 15 is 0 Å². The largest absolute Gasteiger partial charge is 0.507 e. The quantitative estimate of drug-likeness (QED) is 0.914. The molecule has 2 N–H and O–H groups in total. The van der Waals surface area contributed by atoms with Gasteiger partial charge in [-0.2, -0.15) is 0 Å². The number of benzene rings is 2. The first-order valence-electron chi connectivity index (χ1n) is 6.00. The van der Waals surface area contributed by atoms with Crippen LogP contribution in [0, 0.1) is 0 Å². The van der Waals surface area contributed by atoms with Crippen molar-refractivity contribution in [3.8, 4) is 11.5 Å². The number of carbonyl (C=O) groups is 1. The fraction of sp³-hybridized carbons (Fsp3) is 0.133. The Labute approximate surface area is 121 Å². The average Bonchev–Trinajstić information content (AvgIpc) is 2.41. The first kappa shape index (κ1) is 14.2. The second-order valence-electron chi connectivity index (χ2n) is 4.46. The van der Waals surface area contributed by atoms with Crippen LogP contribution in [0.25, 0.3) is 0 Å². The van der Waals surface area contributed by atoms with E-state index in [1.807, 2.05) is 12.1 Å². The summed E-state index contributed by atoms with van der Waals surface area (Å²) in [7, 11) is 1.60. The predicted molar refractivity (Wildman–Crippen MR) is 77.0 cm³/mol. The highest BCUT2D eigenvalue weighted by molar-refractivity contribution is 6.30. The molecule has 5 heteroatoms. The molecule has 0 aliphatic rings. The first-order chi connectivity index (χ1) is 9.49. The molecule has 1 amide bonds. The highest BCUT2D eigenvalue weighted by atomic mass is 35.5. The van der Waals surface area contributed by atoms with E-state index < -0.39 is 5.91 Å². The van der Waals surface area contributed by atoms with Crippen molar-refractivity contribution < 1.29 is 15.0 Å². The van der Waals surface area contributed by atoms with Gasteiger partial charge in [0.1, 0.15) is 17.1 Å². The van der Waals surface area contributed by atoms with E-state index in [1.54, 1.807) is 19.2 Å². The summed E-state index contributed by atoms with van der Waals surface area (Å²) in [4.78, 5) is 13.7. The fourth-order valence-electron chi connectivity index (χ4n) is 1.87. The highest BCUT2D eigenvalue weighted by Crippen LogP contribution is 2.27. The van der Waals surface area contributed by atoms with Crippen LogP contribution in [-0.4, -0.2) is 28.1 Å². The Hall–Kier alpha value is -2.20. The van der Waals surface area contributed by atoms with Crippen molar-refractivity contribution in [2.45, 2.75) is 6.54 Å². The maximum Gasteiger partial charge on any atom is 0.261 e. The molecule has 2 aromatic rings. The molecular formula is C15H14ClNO3. The van der Waals surface area contributed by atoms with Gasteiger partial charge < -0.3 is 15.1 Å². The van der Waals surface area contributed by atoms with Gasteiger partial charge in [-0.15, -0.1) is 0 Å². The van der Waals surface area contributed by atoms with Gasteiger partial charge in [0.15, 0.2) is 0 Å². The SMILES string of the molecule is CN(Cc1ccc(Cl)cc1)C(=O)c1c(O)cccc1O. The number of aromatic hydroxyl groups is 2. The van der Waals surface area contributed by atoms with Gasteiger partial charge in [-0.3, -0.25) is 4.79 Å². The zero-order valence-electron chi connectivity index (χ0n) is 10.9. The monoisotopic (exact) mass is 291 g/mol. The Morgan fingerprint density at radius 1 is 1.10 bits per heavy atom. The summed E-state index contributed by atoms with van der Waals surface area (Å²) in [5.41, 5.74) is 0.809. The number of rotatable bonds is 3. The molecule has 20 heavy (non-hydrogen) atoms. The molecule has 0 saturated heterocycles. The van der Waals surface area contributed by atoms with E-state index in [9.17, 15) is 15.0 Å². The van der Waals surface area contributed by atoms with Crippen LogP contribution in [0.3, 0.4) is 0 Å². The number of hydrogen-bond acceptors (Lipinski definition) is 3. The molecule has 0 heterocycles. The molecule has 0 aromatic heterocycles. The number of amides is 1. The molecule has 0 saturated carbocycles.